The molecule has 0 aliphatic carbocycles. The van der Waals surface area contributed by atoms with Gasteiger partial charge in [-0.15, -0.1) is 11.8 Å². The van der Waals surface area contributed by atoms with Crippen LogP contribution in [0.15, 0.2) is 35.9 Å². The topological polar surface area (TPSA) is 115 Å². The summed E-state index contributed by atoms with van der Waals surface area (Å²) in [5.41, 5.74) is 0.279. The second-order valence-corrected chi connectivity index (χ2v) is 18.7. The van der Waals surface area contributed by atoms with Gasteiger partial charge >= 0.3 is 12.1 Å². The number of hydrogen-bond donors (Lipinski definition) is 1. The average molecular weight is 625 g/mol. The number of thioether (sulfide) groups is 1. The molecule has 3 aliphatic heterocycles. The quantitative estimate of drug-likeness (QED) is 0.0992. The van der Waals surface area contributed by atoms with Crippen LogP contribution in [0.4, 0.5) is 4.79 Å². The van der Waals surface area contributed by atoms with Crippen LogP contribution in [-0.4, -0.2) is 104 Å². The molecule has 3 heterocycles. The predicted octanol–water partition coefficient (Wildman–Crippen LogP) is 4.32. The highest BCUT2D eigenvalue weighted by molar-refractivity contribution is 8.03. The fourth-order valence-corrected chi connectivity index (χ4v) is 8.58. The summed E-state index contributed by atoms with van der Waals surface area (Å²) in [6, 6.07) is -0.478. The molecule has 0 unspecified atom stereocenters. The smallest absolute Gasteiger partial charge is 0.410 e. The second kappa shape index (κ2) is 14.1. The Bertz CT molecular complexity index is 1070. The molecule has 2 saturated heterocycles. The zero-order chi connectivity index (χ0) is 31.4. The molecular weight excluding hydrogens is 576 g/mol. The van der Waals surface area contributed by atoms with Crippen molar-refractivity contribution in [2.24, 2.45) is 11.8 Å². The number of aliphatic hydroxyl groups is 1. The Kier molecular flexibility index (Phi) is 11.5. The van der Waals surface area contributed by atoms with Crippen LogP contribution in [0.2, 0.25) is 18.1 Å². The lowest BCUT2D eigenvalue weighted by Crippen LogP contribution is -2.65. The maximum absolute atomic E-state index is 13.7. The number of carbonyl (C=O) groups excluding carboxylic acids is 3. The lowest BCUT2D eigenvalue weighted by atomic mass is 9.79. The number of ether oxygens (including phenoxy) is 3. The van der Waals surface area contributed by atoms with Gasteiger partial charge < -0.3 is 33.5 Å². The van der Waals surface area contributed by atoms with Crippen molar-refractivity contribution in [2.75, 3.05) is 39.6 Å². The van der Waals surface area contributed by atoms with Gasteiger partial charge in [-0.05, 0) is 31.5 Å². The maximum atomic E-state index is 13.7. The third-order valence-corrected chi connectivity index (χ3v) is 14.7. The minimum absolute atomic E-state index is 0.00739. The molecule has 3 rings (SSSR count). The number of likely N-dealkylation sites (tertiary alicyclic amines) is 1. The van der Waals surface area contributed by atoms with Crippen LogP contribution in [0.3, 0.4) is 0 Å². The molecule has 0 saturated carbocycles. The summed E-state index contributed by atoms with van der Waals surface area (Å²) < 4.78 is 23.0. The lowest BCUT2D eigenvalue weighted by Gasteiger charge is -2.50. The van der Waals surface area contributed by atoms with E-state index in [-0.39, 0.29) is 85.0 Å². The van der Waals surface area contributed by atoms with Crippen LogP contribution in [0, 0.1) is 11.8 Å². The minimum atomic E-state index is -2.14. The maximum Gasteiger partial charge on any atom is 0.410 e. The summed E-state index contributed by atoms with van der Waals surface area (Å²) >= 11 is 1.51. The van der Waals surface area contributed by atoms with Crippen LogP contribution >= 0.6 is 11.8 Å². The van der Waals surface area contributed by atoms with Crippen molar-refractivity contribution in [1.82, 2.24) is 9.80 Å². The molecule has 6 atom stereocenters. The number of nitrogens with zero attached hydrogens (tertiary/aromatic N) is 2. The molecule has 1 N–H and O–H groups in total. The largest absolute Gasteiger partial charge is 0.457 e. The molecule has 0 aromatic carbocycles. The summed E-state index contributed by atoms with van der Waals surface area (Å²) in [4.78, 5) is 43.8. The molecule has 10 nitrogen and oxygen atoms in total. The van der Waals surface area contributed by atoms with E-state index in [9.17, 15) is 14.4 Å². The van der Waals surface area contributed by atoms with Crippen LogP contribution in [0.5, 0.6) is 0 Å². The summed E-state index contributed by atoms with van der Waals surface area (Å²) in [6.07, 6.45) is 2.84. The monoisotopic (exact) mass is 624 g/mol. The van der Waals surface area contributed by atoms with Gasteiger partial charge in [0.25, 0.3) is 0 Å². The molecule has 0 aromatic heterocycles. The average Bonchev–Trinajstić information content (AvgIpc) is 3.42. The van der Waals surface area contributed by atoms with Crippen molar-refractivity contribution in [2.45, 2.75) is 82.6 Å². The SMILES string of the molecule is C=CCOC(=O)C1=C(S[C@H]2C[C@@H](COCCO)N(C(=O)OCC=C)C2)[C@H](C)[C@@H]2[C@@H]([C@@H](C)O[Si](C)(C)C(C)(C)C)C(=O)N12. The highest BCUT2D eigenvalue weighted by Gasteiger charge is 2.61. The van der Waals surface area contributed by atoms with E-state index in [1.807, 2.05) is 13.8 Å². The van der Waals surface area contributed by atoms with E-state index in [1.54, 1.807) is 9.80 Å². The third kappa shape index (κ3) is 7.15. The third-order valence-electron chi connectivity index (χ3n) is 8.68. The molecule has 2 fully saturated rings. The number of rotatable bonds is 14. The molecule has 42 heavy (non-hydrogen) atoms. The van der Waals surface area contributed by atoms with E-state index in [0.717, 1.165) is 4.91 Å². The van der Waals surface area contributed by atoms with E-state index in [1.165, 1.54) is 23.9 Å². The first kappa shape index (κ1) is 34.4. The normalized spacial score (nSPS) is 26.6. The number of β-lactam (4-membered cyclic amide) rings is 1. The molecule has 12 heteroatoms. The van der Waals surface area contributed by atoms with E-state index in [4.69, 9.17) is 23.7 Å². The van der Waals surface area contributed by atoms with Gasteiger partial charge in [0.1, 0.15) is 18.9 Å². The summed E-state index contributed by atoms with van der Waals surface area (Å²) in [5, 5.41) is 9.06. The first-order valence-corrected chi connectivity index (χ1v) is 18.4. The Hall–Kier alpha value is -2.12. The molecule has 0 radical (unpaired) electrons. The number of carbonyl (C=O) groups is 3. The number of fused-ring (bicyclic) bond motifs is 1. The molecule has 0 bridgehead atoms. The summed E-state index contributed by atoms with van der Waals surface area (Å²) in [7, 11) is -2.14. The first-order valence-electron chi connectivity index (χ1n) is 14.6. The van der Waals surface area contributed by atoms with Gasteiger partial charge in [-0.1, -0.05) is 53.0 Å². The number of amides is 2. The van der Waals surface area contributed by atoms with Crippen molar-refractivity contribution in [3.8, 4) is 0 Å². The van der Waals surface area contributed by atoms with Crippen LogP contribution < -0.4 is 0 Å². The Morgan fingerprint density at radius 1 is 1.19 bits per heavy atom. The molecular formula is C30H48N2O8SSi. The Balaban J connectivity index is 1.86. The van der Waals surface area contributed by atoms with Gasteiger partial charge in [-0.25, -0.2) is 9.59 Å². The van der Waals surface area contributed by atoms with Crippen molar-refractivity contribution < 1.29 is 38.1 Å². The van der Waals surface area contributed by atoms with Crippen molar-refractivity contribution >= 4 is 38.0 Å². The zero-order valence-electron chi connectivity index (χ0n) is 26.1. The predicted molar refractivity (Wildman–Crippen MR) is 165 cm³/mol. The fraction of sp³-hybridized carbons (Fsp3) is 0.700. The van der Waals surface area contributed by atoms with Crippen molar-refractivity contribution in [1.29, 1.82) is 0 Å². The standard InChI is InChI=1S/C30H48N2O8SSi/c1-10-13-38-28(35)25-26(41-22-16-21(18-37-15-12-33)31(17-22)29(36)39-14-11-2)19(3)24-23(27(34)32(24)25)20(4)40-42(8,9)30(5,6)7/h10-11,19-24,33H,1-2,12-18H2,3-9H3/t19-,20-,21+,22+,23-,24-/m1/s1. The van der Waals surface area contributed by atoms with E-state index in [0.29, 0.717) is 13.0 Å². The van der Waals surface area contributed by atoms with Gasteiger partial charge in [0.15, 0.2) is 8.32 Å². The summed E-state index contributed by atoms with van der Waals surface area (Å²) in [5.74, 6) is -1.18. The fourth-order valence-electron chi connectivity index (χ4n) is 5.59. The van der Waals surface area contributed by atoms with E-state index >= 15 is 0 Å². The van der Waals surface area contributed by atoms with Crippen molar-refractivity contribution in [3.63, 3.8) is 0 Å². The number of esters is 1. The van der Waals surface area contributed by atoms with Crippen LogP contribution in [-0.2, 0) is 28.2 Å². The molecule has 0 spiro atoms. The second-order valence-electron chi connectivity index (χ2n) is 12.6. The number of aliphatic hydroxyl groups excluding tert-OH is 1. The van der Waals surface area contributed by atoms with Gasteiger partial charge in [0, 0.05) is 22.6 Å². The molecule has 2 amide bonds. The highest BCUT2D eigenvalue weighted by Crippen LogP contribution is 2.53. The zero-order valence-corrected chi connectivity index (χ0v) is 27.9. The number of hydrogen-bond acceptors (Lipinski definition) is 9. The Labute approximate surface area is 255 Å². The van der Waals surface area contributed by atoms with Crippen LogP contribution in [0.1, 0.15) is 41.0 Å². The highest BCUT2D eigenvalue weighted by atomic mass is 32.2. The first-order chi connectivity index (χ1) is 19.7. The van der Waals surface area contributed by atoms with E-state index < -0.39 is 20.4 Å². The summed E-state index contributed by atoms with van der Waals surface area (Å²) in [6.45, 7) is 22.9. The molecule has 3 aliphatic rings. The van der Waals surface area contributed by atoms with E-state index in [2.05, 4.69) is 47.0 Å². The van der Waals surface area contributed by atoms with Crippen LogP contribution in [0.25, 0.3) is 0 Å². The Morgan fingerprint density at radius 2 is 1.83 bits per heavy atom. The van der Waals surface area contributed by atoms with Gasteiger partial charge in [-0.3, -0.25) is 4.79 Å². The minimum Gasteiger partial charge on any atom is -0.457 e. The lowest BCUT2D eigenvalue weighted by molar-refractivity contribution is -0.163. The molecule has 0 aromatic rings. The Morgan fingerprint density at radius 3 is 2.43 bits per heavy atom. The van der Waals surface area contributed by atoms with Gasteiger partial charge in [-0.2, -0.15) is 0 Å². The molecule has 236 valence electrons. The van der Waals surface area contributed by atoms with Gasteiger partial charge in [0.2, 0.25) is 5.91 Å². The van der Waals surface area contributed by atoms with Gasteiger partial charge in [0.05, 0.1) is 43.9 Å². The van der Waals surface area contributed by atoms with Crippen molar-refractivity contribution in [3.05, 3.63) is 35.9 Å².